The third-order valence-corrected chi connectivity index (χ3v) is 3.04. The number of hydrogen-bond acceptors (Lipinski definition) is 6. The normalized spacial score (nSPS) is 12.4. The number of aromatic nitrogens is 4. The lowest BCUT2D eigenvalue weighted by molar-refractivity contribution is 0.384. The Morgan fingerprint density at radius 3 is 2.89 bits per heavy atom. The Balaban J connectivity index is 2.29. The lowest BCUT2D eigenvalue weighted by atomic mass is 10.2. The van der Waals surface area contributed by atoms with Crippen molar-refractivity contribution in [3.8, 4) is 0 Å². The van der Waals surface area contributed by atoms with Gasteiger partial charge in [0.25, 0.3) is 5.56 Å². The molecule has 1 unspecified atom stereocenters. The standard InChI is InChI=1S/C11H14ClN5O2/c1-4-7(10-14-6(2)19-16-10)15-8-5-13-17(3)11(18)9(8)12/h5,7,15H,4H2,1-3H3. The molecular formula is C11H14ClN5O2. The minimum atomic E-state index is -0.356. The largest absolute Gasteiger partial charge is 0.372 e. The Morgan fingerprint density at radius 1 is 1.58 bits per heavy atom. The summed E-state index contributed by atoms with van der Waals surface area (Å²) in [5, 5.41) is 11.0. The van der Waals surface area contributed by atoms with Crippen LogP contribution < -0.4 is 10.9 Å². The molecule has 2 rings (SSSR count). The van der Waals surface area contributed by atoms with Crippen molar-refractivity contribution in [2.24, 2.45) is 7.05 Å². The van der Waals surface area contributed by atoms with E-state index >= 15 is 0 Å². The zero-order valence-corrected chi connectivity index (χ0v) is 11.6. The molecule has 8 heteroatoms. The number of hydrogen-bond donors (Lipinski definition) is 1. The van der Waals surface area contributed by atoms with Crippen molar-refractivity contribution in [1.29, 1.82) is 0 Å². The molecule has 2 aromatic rings. The van der Waals surface area contributed by atoms with E-state index in [1.807, 2.05) is 6.92 Å². The Morgan fingerprint density at radius 2 is 2.32 bits per heavy atom. The molecule has 102 valence electrons. The van der Waals surface area contributed by atoms with Crippen LogP contribution in [0.2, 0.25) is 5.02 Å². The molecule has 0 fully saturated rings. The summed E-state index contributed by atoms with van der Waals surface area (Å²) >= 11 is 5.99. The maximum absolute atomic E-state index is 11.7. The van der Waals surface area contributed by atoms with E-state index in [1.165, 1.54) is 17.9 Å². The predicted molar refractivity (Wildman–Crippen MR) is 70.2 cm³/mol. The smallest absolute Gasteiger partial charge is 0.287 e. The van der Waals surface area contributed by atoms with Crippen molar-refractivity contribution < 1.29 is 4.52 Å². The number of rotatable bonds is 4. The van der Waals surface area contributed by atoms with Gasteiger partial charge in [0, 0.05) is 14.0 Å². The van der Waals surface area contributed by atoms with Crippen molar-refractivity contribution in [2.75, 3.05) is 5.32 Å². The first-order valence-electron chi connectivity index (χ1n) is 5.81. The van der Waals surface area contributed by atoms with Crippen LogP contribution in [-0.4, -0.2) is 19.9 Å². The molecule has 1 N–H and O–H groups in total. The summed E-state index contributed by atoms with van der Waals surface area (Å²) in [6, 6.07) is -0.191. The summed E-state index contributed by atoms with van der Waals surface area (Å²) in [6.45, 7) is 3.68. The molecular weight excluding hydrogens is 270 g/mol. The highest BCUT2D eigenvalue weighted by molar-refractivity contribution is 6.32. The first kappa shape index (κ1) is 13.5. The second-order valence-corrected chi connectivity index (χ2v) is 4.46. The molecule has 0 aliphatic carbocycles. The average Bonchev–Trinajstić information content (AvgIpc) is 2.82. The Kier molecular flexibility index (Phi) is 3.84. The summed E-state index contributed by atoms with van der Waals surface area (Å²) in [5.74, 6) is 1.01. The number of anilines is 1. The van der Waals surface area contributed by atoms with E-state index in [4.69, 9.17) is 16.1 Å². The van der Waals surface area contributed by atoms with E-state index in [0.717, 1.165) is 0 Å². The zero-order valence-electron chi connectivity index (χ0n) is 10.8. The summed E-state index contributed by atoms with van der Waals surface area (Å²) in [6.07, 6.45) is 2.21. The molecule has 2 heterocycles. The van der Waals surface area contributed by atoms with Crippen LogP contribution in [-0.2, 0) is 7.05 Å². The molecule has 0 aromatic carbocycles. The monoisotopic (exact) mass is 283 g/mol. The fourth-order valence-corrected chi connectivity index (χ4v) is 1.83. The number of halogens is 1. The molecule has 0 spiro atoms. The van der Waals surface area contributed by atoms with Gasteiger partial charge in [-0.3, -0.25) is 4.79 Å². The van der Waals surface area contributed by atoms with Crippen molar-refractivity contribution in [3.63, 3.8) is 0 Å². The molecule has 7 nitrogen and oxygen atoms in total. The number of aryl methyl sites for hydroxylation is 2. The average molecular weight is 284 g/mol. The molecule has 0 saturated heterocycles. The third-order valence-electron chi connectivity index (χ3n) is 2.67. The first-order valence-corrected chi connectivity index (χ1v) is 6.19. The minimum Gasteiger partial charge on any atom is -0.372 e. The minimum absolute atomic E-state index is 0.0937. The highest BCUT2D eigenvalue weighted by atomic mass is 35.5. The third kappa shape index (κ3) is 2.76. The molecule has 19 heavy (non-hydrogen) atoms. The van der Waals surface area contributed by atoms with Crippen LogP contribution >= 0.6 is 11.6 Å². The zero-order chi connectivity index (χ0) is 14.0. The maximum atomic E-state index is 11.7. The Hall–Kier alpha value is -1.89. The van der Waals surface area contributed by atoms with E-state index in [-0.39, 0.29) is 16.6 Å². The topological polar surface area (TPSA) is 85.8 Å². The molecule has 0 saturated carbocycles. The van der Waals surface area contributed by atoms with Crippen molar-refractivity contribution >= 4 is 17.3 Å². The quantitative estimate of drug-likeness (QED) is 0.919. The van der Waals surface area contributed by atoms with Gasteiger partial charge in [0.05, 0.1) is 17.9 Å². The van der Waals surface area contributed by atoms with Gasteiger partial charge in [0.2, 0.25) is 5.89 Å². The van der Waals surface area contributed by atoms with Gasteiger partial charge in [0.15, 0.2) is 5.82 Å². The second-order valence-electron chi connectivity index (χ2n) is 4.08. The van der Waals surface area contributed by atoms with Crippen LogP contribution in [0, 0.1) is 6.92 Å². The van der Waals surface area contributed by atoms with Crippen LogP contribution in [0.25, 0.3) is 0 Å². The predicted octanol–water partition coefficient (Wildman–Crippen LogP) is 1.69. The van der Waals surface area contributed by atoms with Crippen molar-refractivity contribution in [3.05, 3.63) is 33.3 Å². The fraction of sp³-hybridized carbons (Fsp3) is 0.455. The molecule has 0 aliphatic rings. The molecule has 0 aliphatic heterocycles. The maximum Gasteiger partial charge on any atom is 0.287 e. The van der Waals surface area contributed by atoms with Crippen LogP contribution in [0.4, 0.5) is 5.69 Å². The first-order chi connectivity index (χ1) is 9.02. The van der Waals surface area contributed by atoms with Gasteiger partial charge in [-0.2, -0.15) is 10.1 Å². The number of nitrogens with zero attached hydrogens (tertiary/aromatic N) is 4. The van der Waals surface area contributed by atoms with Crippen molar-refractivity contribution in [1.82, 2.24) is 19.9 Å². The van der Waals surface area contributed by atoms with Gasteiger partial charge in [-0.25, -0.2) is 4.68 Å². The van der Waals surface area contributed by atoms with Crippen LogP contribution in [0.5, 0.6) is 0 Å². The lowest BCUT2D eigenvalue weighted by Gasteiger charge is -2.15. The van der Waals surface area contributed by atoms with Gasteiger partial charge in [-0.15, -0.1) is 0 Å². The van der Waals surface area contributed by atoms with E-state index in [2.05, 4.69) is 20.6 Å². The number of nitrogens with one attached hydrogen (secondary N) is 1. The van der Waals surface area contributed by atoms with E-state index < -0.39 is 0 Å². The van der Waals surface area contributed by atoms with Gasteiger partial charge < -0.3 is 9.84 Å². The fourth-order valence-electron chi connectivity index (χ4n) is 1.60. The summed E-state index contributed by atoms with van der Waals surface area (Å²) in [5.41, 5.74) is 0.102. The molecule has 0 amide bonds. The summed E-state index contributed by atoms with van der Waals surface area (Å²) in [4.78, 5) is 15.8. The van der Waals surface area contributed by atoms with E-state index in [0.29, 0.717) is 23.8 Å². The van der Waals surface area contributed by atoms with Gasteiger partial charge in [-0.1, -0.05) is 23.7 Å². The Bertz CT molecular complexity index is 636. The molecule has 0 bridgehead atoms. The molecule has 2 aromatic heterocycles. The van der Waals surface area contributed by atoms with Gasteiger partial charge in [-0.05, 0) is 6.42 Å². The van der Waals surface area contributed by atoms with Gasteiger partial charge in [0.1, 0.15) is 5.02 Å². The summed E-state index contributed by atoms with van der Waals surface area (Å²) < 4.78 is 6.12. The molecule has 0 radical (unpaired) electrons. The lowest BCUT2D eigenvalue weighted by Crippen LogP contribution is -2.22. The highest BCUT2D eigenvalue weighted by Gasteiger charge is 2.18. The molecule has 1 atom stereocenters. The Labute approximate surface area is 114 Å². The van der Waals surface area contributed by atoms with Crippen LogP contribution in [0.3, 0.4) is 0 Å². The SMILES string of the molecule is CCC(Nc1cnn(C)c(=O)c1Cl)c1noc(C)n1. The van der Waals surface area contributed by atoms with Crippen molar-refractivity contribution in [2.45, 2.75) is 26.3 Å². The second kappa shape index (κ2) is 5.40. The van der Waals surface area contributed by atoms with E-state index in [1.54, 1.807) is 6.92 Å². The van der Waals surface area contributed by atoms with Gasteiger partial charge >= 0.3 is 0 Å². The van der Waals surface area contributed by atoms with Crippen LogP contribution in [0.1, 0.15) is 31.1 Å². The summed E-state index contributed by atoms with van der Waals surface area (Å²) in [7, 11) is 1.54. The van der Waals surface area contributed by atoms with E-state index in [9.17, 15) is 4.79 Å². The van der Waals surface area contributed by atoms with Crippen LogP contribution in [0.15, 0.2) is 15.5 Å². The highest BCUT2D eigenvalue weighted by Crippen LogP contribution is 2.23.